The van der Waals surface area contributed by atoms with Crippen molar-refractivity contribution in [1.29, 1.82) is 0 Å². The maximum atomic E-state index is 9.75. The van der Waals surface area contributed by atoms with Crippen LogP contribution >= 0.6 is 11.3 Å². The molecule has 0 aliphatic carbocycles. The van der Waals surface area contributed by atoms with Gasteiger partial charge in [0.25, 0.3) is 0 Å². The number of thiazole rings is 1. The van der Waals surface area contributed by atoms with Crippen molar-refractivity contribution in [3.8, 4) is 0 Å². The highest BCUT2D eigenvalue weighted by atomic mass is 35.5. The molecular weight excluding hydrogens is 244 g/mol. The van der Waals surface area contributed by atoms with E-state index in [1.54, 1.807) is 11.3 Å². The van der Waals surface area contributed by atoms with Gasteiger partial charge >= 0.3 is 5.13 Å². The van der Waals surface area contributed by atoms with Crippen molar-refractivity contribution in [1.82, 2.24) is 0 Å². The lowest BCUT2D eigenvalue weighted by Gasteiger charge is -2.21. The molecule has 1 aliphatic rings. The molecule has 5 heteroatoms. The zero-order valence-electron chi connectivity index (χ0n) is 8.93. The lowest BCUT2D eigenvalue weighted by atomic mass is 10.2. The second-order valence-electron chi connectivity index (χ2n) is 4.00. The molecular formula is C11H13ClN2OS. The van der Waals surface area contributed by atoms with Crippen LogP contribution in [-0.4, -0.2) is 24.8 Å². The summed E-state index contributed by atoms with van der Waals surface area (Å²) in [5.74, 6) is 0. The zero-order valence-corrected chi connectivity index (χ0v) is 10.5. The maximum Gasteiger partial charge on any atom is 0.336 e. The molecule has 1 aromatic carbocycles. The number of likely N-dealkylation sites (N-methyl/N-ethyl adjacent to an activating group) is 1. The third kappa shape index (κ3) is 1.67. The van der Waals surface area contributed by atoms with E-state index in [-0.39, 0.29) is 18.5 Å². The SMILES string of the molecule is CN1CC(O)C[n+]2c1sc1ccccc12.[Cl-]. The third-order valence-electron chi connectivity index (χ3n) is 2.79. The fourth-order valence-corrected chi connectivity index (χ4v) is 3.29. The van der Waals surface area contributed by atoms with E-state index in [0.29, 0.717) is 6.54 Å². The number of aliphatic hydroxyl groups is 1. The average molecular weight is 257 g/mol. The quantitative estimate of drug-likeness (QED) is 0.553. The molecule has 0 spiro atoms. The van der Waals surface area contributed by atoms with Crippen molar-refractivity contribution in [3.05, 3.63) is 24.3 Å². The number of rotatable bonds is 0. The summed E-state index contributed by atoms with van der Waals surface area (Å²) in [5, 5.41) is 11.0. The molecule has 1 aliphatic heterocycles. The van der Waals surface area contributed by atoms with Crippen LogP contribution in [0.4, 0.5) is 5.13 Å². The number of β-amino-alcohol motifs (C(OH)–C–C–N with tert-alkyl or cyclic N) is 1. The Kier molecular flexibility index (Phi) is 3.06. The van der Waals surface area contributed by atoms with Crippen molar-refractivity contribution in [2.24, 2.45) is 0 Å². The summed E-state index contributed by atoms with van der Waals surface area (Å²) in [6.07, 6.45) is -0.259. The normalized spacial score (nSPS) is 19.4. The van der Waals surface area contributed by atoms with Gasteiger partial charge in [0.15, 0.2) is 0 Å². The van der Waals surface area contributed by atoms with Crippen molar-refractivity contribution in [2.45, 2.75) is 12.6 Å². The predicted molar refractivity (Wildman–Crippen MR) is 61.3 cm³/mol. The number of halogens is 1. The second kappa shape index (κ2) is 4.20. The molecule has 16 heavy (non-hydrogen) atoms. The highest BCUT2D eigenvalue weighted by Gasteiger charge is 2.31. The molecule has 2 aromatic rings. The Morgan fingerprint density at radius 2 is 2.19 bits per heavy atom. The summed E-state index contributed by atoms with van der Waals surface area (Å²) >= 11 is 1.79. The predicted octanol–water partition coefficient (Wildman–Crippen LogP) is -2.00. The van der Waals surface area contributed by atoms with Crippen molar-refractivity contribution in [2.75, 3.05) is 18.5 Å². The van der Waals surface area contributed by atoms with Crippen LogP contribution in [0.1, 0.15) is 0 Å². The minimum Gasteiger partial charge on any atom is -1.00 e. The van der Waals surface area contributed by atoms with Crippen molar-refractivity contribution in [3.63, 3.8) is 0 Å². The van der Waals surface area contributed by atoms with Gasteiger partial charge in [-0.3, -0.25) is 4.90 Å². The number of hydrogen-bond donors (Lipinski definition) is 1. The molecule has 0 bridgehead atoms. The molecule has 3 rings (SSSR count). The van der Waals surface area contributed by atoms with Crippen LogP contribution in [0.2, 0.25) is 0 Å². The van der Waals surface area contributed by atoms with Gasteiger partial charge in [-0.1, -0.05) is 12.1 Å². The number of hydrogen-bond acceptors (Lipinski definition) is 3. The Bertz CT molecular complexity index is 514. The molecule has 1 aromatic heterocycles. The van der Waals surface area contributed by atoms with Gasteiger partial charge in [0.05, 0.1) is 11.7 Å². The molecule has 2 heterocycles. The third-order valence-corrected chi connectivity index (χ3v) is 4.07. The van der Waals surface area contributed by atoms with Crippen LogP contribution in [0.3, 0.4) is 0 Å². The van der Waals surface area contributed by atoms with Crippen LogP contribution in [0.5, 0.6) is 0 Å². The first kappa shape index (κ1) is 11.6. The topological polar surface area (TPSA) is 27.3 Å². The van der Waals surface area contributed by atoms with Crippen molar-refractivity contribution < 1.29 is 22.1 Å². The zero-order chi connectivity index (χ0) is 10.4. The number of fused-ring (bicyclic) bond motifs is 3. The van der Waals surface area contributed by atoms with Crippen LogP contribution < -0.4 is 21.9 Å². The fourth-order valence-electron chi connectivity index (χ4n) is 2.15. The molecule has 1 unspecified atom stereocenters. The highest BCUT2D eigenvalue weighted by Crippen LogP contribution is 2.28. The molecule has 1 atom stereocenters. The summed E-state index contributed by atoms with van der Waals surface area (Å²) in [4.78, 5) is 2.12. The van der Waals surface area contributed by atoms with Crippen LogP contribution in [0.15, 0.2) is 24.3 Å². The minimum atomic E-state index is -0.259. The first-order chi connectivity index (χ1) is 7.25. The molecule has 0 saturated heterocycles. The van der Waals surface area contributed by atoms with Crippen LogP contribution in [0, 0.1) is 0 Å². The van der Waals surface area contributed by atoms with Crippen molar-refractivity contribution >= 4 is 26.7 Å². The molecule has 0 amide bonds. The Labute approximate surface area is 104 Å². The molecule has 0 radical (unpaired) electrons. The lowest BCUT2D eigenvalue weighted by molar-refractivity contribution is -0.667. The summed E-state index contributed by atoms with van der Waals surface area (Å²) in [6.45, 7) is 1.44. The van der Waals surface area contributed by atoms with Gasteiger partial charge in [0.2, 0.25) is 0 Å². The monoisotopic (exact) mass is 256 g/mol. The van der Waals surface area contributed by atoms with E-state index >= 15 is 0 Å². The first-order valence-corrected chi connectivity index (χ1v) is 5.88. The van der Waals surface area contributed by atoms with Gasteiger partial charge in [0.1, 0.15) is 24.7 Å². The van der Waals surface area contributed by atoms with Gasteiger partial charge in [-0.25, -0.2) is 4.57 Å². The second-order valence-corrected chi connectivity index (χ2v) is 5.01. The maximum absolute atomic E-state index is 9.75. The minimum absolute atomic E-state index is 0. The van der Waals surface area contributed by atoms with Crippen LogP contribution in [-0.2, 0) is 6.54 Å². The number of para-hydroxylation sites is 1. The first-order valence-electron chi connectivity index (χ1n) is 5.06. The molecule has 86 valence electrons. The van der Waals surface area contributed by atoms with E-state index < -0.39 is 0 Å². The smallest absolute Gasteiger partial charge is 0.336 e. The fraction of sp³-hybridized carbons (Fsp3) is 0.364. The summed E-state index contributed by atoms with van der Waals surface area (Å²) in [6, 6.07) is 8.34. The van der Waals surface area contributed by atoms with Crippen LogP contribution in [0.25, 0.3) is 10.2 Å². The molecule has 3 nitrogen and oxygen atoms in total. The van der Waals surface area contributed by atoms with E-state index in [2.05, 4.69) is 27.7 Å². The molecule has 0 fully saturated rings. The van der Waals surface area contributed by atoms with E-state index in [1.807, 2.05) is 13.1 Å². The largest absolute Gasteiger partial charge is 1.00 e. The van der Waals surface area contributed by atoms with Gasteiger partial charge in [-0.15, -0.1) is 0 Å². The highest BCUT2D eigenvalue weighted by molar-refractivity contribution is 7.21. The van der Waals surface area contributed by atoms with E-state index in [4.69, 9.17) is 0 Å². The molecule has 0 saturated carbocycles. The Balaban J connectivity index is 0.000000963. The Morgan fingerprint density at radius 1 is 1.44 bits per heavy atom. The van der Waals surface area contributed by atoms with Gasteiger partial charge in [-0.05, 0) is 23.5 Å². The lowest BCUT2D eigenvalue weighted by Crippen LogP contribution is -3.00. The molecule has 1 N–H and O–H groups in total. The number of aromatic nitrogens is 1. The Hall–Kier alpha value is -0.840. The van der Waals surface area contributed by atoms with E-state index in [1.165, 1.54) is 15.3 Å². The number of nitrogens with zero attached hydrogens (tertiary/aromatic N) is 2. The number of benzene rings is 1. The van der Waals surface area contributed by atoms with Gasteiger partial charge in [0, 0.05) is 0 Å². The van der Waals surface area contributed by atoms with Gasteiger partial charge in [-0.2, -0.15) is 0 Å². The Morgan fingerprint density at radius 3 is 3.00 bits per heavy atom. The van der Waals surface area contributed by atoms with E-state index in [0.717, 1.165) is 6.54 Å². The number of aliphatic hydroxyl groups excluding tert-OH is 1. The summed E-state index contributed by atoms with van der Waals surface area (Å²) < 4.78 is 3.49. The number of anilines is 1. The van der Waals surface area contributed by atoms with Gasteiger partial charge < -0.3 is 17.5 Å². The summed E-state index contributed by atoms with van der Waals surface area (Å²) in [5.41, 5.74) is 1.23. The summed E-state index contributed by atoms with van der Waals surface area (Å²) in [7, 11) is 2.03. The average Bonchev–Trinajstić information content (AvgIpc) is 2.57. The standard InChI is InChI=1S/C11H13N2OS.ClH/c1-12-6-8(14)7-13-9-4-2-3-5-10(9)15-11(12)13;/h2-5,8,14H,6-7H2,1H3;1H/q+1;/p-1. The van der Waals surface area contributed by atoms with E-state index in [9.17, 15) is 5.11 Å².